The van der Waals surface area contributed by atoms with Gasteiger partial charge < -0.3 is 21.1 Å². The summed E-state index contributed by atoms with van der Waals surface area (Å²) in [6, 6.07) is 13.6. The third kappa shape index (κ3) is 5.27. The van der Waals surface area contributed by atoms with Crippen molar-refractivity contribution in [3.05, 3.63) is 88.2 Å². The summed E-state index contributed by atoms with van der Waals surface area (Å²) >= 11 is 4.71. The summed E-state index contributed by atoms with van der Waals surface area (Å²) in [6.45, 7) is 6.98. The molecule has 10 heteroatoms. The van der Waals surface area contributed by atoms with Crippen molar-refractivity contribution in [2.45, 2.75) is 45.0 Å². The summed E-state index contributed by atoms with van der Waals surface area (Å²) in [5, 5.41) is 11.1. The van der Waals surface area contributed by atoms with Crippen molar-refractivity contribution in [1.82, 2.24) is 20.1 Å². The van der Waals surface area contributed by atoms with Crippen LogP contribution in [0, 0.1) is 6.92 Å². The van der Waals surface area contributed by atoms with E-state index in [4.69, 9.17) is 28.2 Å². The molecule has 0 unspecified atom stereocenters. The van der Waals surface area contributed by atoms with Gasteiger partial charge in [0.25, 0.3) is 11.8 Å². The fourth-order valence-corrected chi connectivity index (χ4v) is 5.02. The van der Waals surface area contributed by atoms with E-state index in [9.17, 15) is 9.59 Å². The van der Waals surface area contributed by atoms with Crippen molar-refractivity contribution in [2.24, 2.45) is 5.73 Å². The molecular weight excluding hydrogens is 524 g/mol. The summed E-state index contributed by atoms with van der Waals surface area (Å²) in [5.41, 5.74) is 12.9. The summed E-state index contributed by atoms with van der Waals surface area (Å²) in [6.07, 6.45) is 3.79. The number of nitrogens with two attached hydrogens (primary N) is 1. The SMILES string of the molecule is COc1ccncc1C(=O)NCc1ccc(-c2nn3c(c2C(N)=O)Nc2ccc(C(C)(C)S)cc2CC3)cc1C. The van der Waals surface area contributed by atoms with Gasteiger partial charge in [-0.1, -0.05) is 24.3 Å². The number of fused-ring (bicyclic) bond motifs is 2. The number of ether oxygens (including phenoxy) is 1. The highest BCUT2D eigenvalue weighted by molar-refractivity contribution is 7.81. The number of hydrogen-bond donors (Lipinski definition) is 4. The minimum atomic E-state index is -0.556. The third-order valence-electron chi connectivity index (χ3n) is 7.16. The fourth-order valence-electron chi connectivity index (χ4n) is 4.89. The average Bonchev–Trinajstić information content (AvgIpc) is 3.19. The summed E-state index contributed by atoms with van der Waals surface area (Å²) < 4.78 is 6.81. The molecule has 3 heterocycles. The van der Waals surface area contributed by atoms with Crippen LogP contribution in [0.5, 0.6) is 5.75 Å². The molecule has 2 amide bonds. The van der Waals surface area contributed by atoms with Crippen molar-refractivity contribution >= 4 is 35.9 Å². The monoisotopic (exact) mass is 556 g/mol. The fraction of sp³-hybridized carbons (Fsp3) is 0.267. The summed E-state index contributed by atoms with van der Waals surface area (Å²) in [7, 11) is 1.51. The van der Waals surface area contributed by atoms with E-state index in [1.54, 1.807) is 12.3 Å². The molecule has 40 heavy (non-hydrogen) atoms. The normalized spacial score (nSPS) is 12.5. The maximum absolute atomic E-state index is 12.7. The van der Waals surface area contributed by atoms with Gasteiger partial charge >= 0.3 is 0 Å². The molecule has 2 aromatic carbocycles. The lowest BCUT2D eigenvalue weighted by atomic mass is 9.97. The number of primary amides is 1. The van der Waals surface area contributed by atoms with Crippen molar-refractivity contribution in [3.8, 4) is 17.0 Å². The zero-order chi connectivity index (χ0) is 28.6. The Balaban J connectivity index is 1.41. The third-order valence-corrected chi connectivity index (χ3v) is 7.42. The van der Waals surface area contributed by atoms with Gasteiger partial charge in [-0.3, -0.25) is 14.6 Å². The van der Waals surface area contributed by atoms with Gasteiger partial charge in [-0.15, -0.1) is 0 Å². The first kappa shape index (κ1) is 27.3. The van der Waals surface area contributed by atoms with E-state index in [0.717, 1.165) is 39.9 Å². The van der Waals surface area contributed by atoms with Gasteiger partial charge in [0.05, 0.1) is 12.7 Å². The Kier molecular flexibility index (Phi) is 7.29. The molecule has 0 bridgehead atoms. The second-order valence-corrected chi connectivity index (χ2v) is 11.5. The summed E-state index contributed by atoms with van der Waals surface area (Å²) in [4.78, 5) is 29.4. The topological polar surface area (TPSA) is 124 Å². The number of benzene rings is 2. The minimum absolute atomic E-state index is 0.265. The van der Waals surface area contributed by atoms with Gasteiger partial charge in [-0.05, 0) is 67.6 Å². The summed E-state index contributed by atoms with van der Waals surface area (Å²) in [5.74, 6) is 0.206. The van der Waals surface area contributed by atoms with Gasteiger partial charge in [0.1, 0.15) is 22.8 Å². The van der Waals surface area contributed by atoms with E-state index in [2.05, 4.69) is 35.5 Å². The lowest BCUT2D eigenvalue weighted by Crippen LogP contribution is -2.24. The first-order chi connectivity index (χ1) is 19.1. The van der Waals surface area contributed by atoms with E-state index >= 15 is 0 Å². The quantitative estimate of drug-likeness (QED) is 0.244. The molecule has 206 valence electrons. The molecule has 0 radical (unpaired) electrons. The first-order valence-electron chi connectivity index (χ1n) is 13.0. The number of aromatic nitrogens is 3. The standard InChI is InChI=1S/C30H32N6O3S/c1-17-13-19(5-6-20(17)15-33-29(38)22-16-32-11-9-24(22)39-4)26-25(27(31)37)28-34-23-8-7-21(30(2,3)40)14-18(23)10-12-36(28)35-26/h5-9,11,13-14,16,34,40H,10,12,15H2,1-4H3,(H2,31,37)(H,33,38). The number of nitrogens with one attached hydrogen (secondary N) is 2. The van der Waals surface area contributed by atoms with Crippen LogP contribution in [-0.2, 0) is 24.3 Å². The molecule has 0 aliphatic carbocycles. The number of aryl methyl sites for hydroxylation is 3. The maximum atomic E-state index is 12.7. The number of pyridine rings is 1. The molecule has 5 rings (SSSR count). The number of carbonyl (C=O) groups is 2. The van der Waals surface area contributed by atoms with Crippen molar-refractivity contribution in [1.29, 1.82) is 0 Å². The smallest absolute Gasteiger partial charge is 0.256 e. The second kappa shape index (κ2) is 10.7. The van der Waals surface area contributed by atoms with Gasteiger partial charge in [0.2, 0.25) is 0 Å². The zero-order valence-corrected chi connectivity index (χ0v) is 23.8. The van der Waals surface area contributed by atoms with Crippen molar-refractivity contribution in [2.75, 3.05) is 12.4 Å². The van der Waals surface area contributed by atoms with Crippen LogP contribution in [0.2, 0.25) is 0 Å². The van der Waals surface area contributed by atoms with E-state index in [1.807, 2.05) is 41.9 Å². The molecule has 0 fully saturated rings. The van der Waals surface area contributed by atoms with Crippen LogP contribution in [-0.4, -0.2) is 33.7 Å². The Bertz CT molecular complexity index is 1620. The van der Waals surface area contributed by atoms with Crippen LogP contribution in [0.1, 0.15) is 56.8 Å². The van der Waals surface area contributed by atoms with Crippen molar-refractivity contribution in [3.63, 3.8) is 0 Å². The highest BCUT2D eigenvalue weighted by Gasteiger charge is 2.27. The zero-order valence-electron chi connectivity index (χ0n) is 22.9. The van der Waals surface area contributed by atoms with Crippen LogP contribution < -0.4 is 21.1 Å². The highest BCUT2D eigenvalue weighted by atomic mass is 32.1. The number of amides is 2. The first-order valence-corrected chi connectivity index (χ1v) is 13.4. The molecular formula is C30H32N6O3S. The minimum Gasteiger partial charge on any atom is -0.496 e. The van der Waals surface area contributed by atoms with E-state index < -0.39 is 5.91 Å². The molecule has 1 aliphatic heterocycles. The Morgan fingerprint density at radius 3 is 2.70 bits per heavy atom. The number of methoxy groups -OCH3 is 1. The van der Waals surface area contributed by atoms with Gasteiger partial charge in [0.15, 0.2) is 0 Å². The van der Waals surface area contributed by atoms with Crippen LogP contribution in [0.15, 0.2) is 54.9 Å². The highest BCUT2D eigenvalue weighted by Crippen LogP contribution is 2.37. The van der Waals surface area contributed by atoms with E-state index in [-0.39, 0.29) is 10.7 Å². The maximum Gasteiger partial charge on any atom is 0.256 e. The van der Waals surface area contributed by atoms with Crippen LogP contribution >= 0.6 is 12.6 Å². The van der Waals surface area contributed by atoms with Gasteiger partial charge in [-0.25, -0.2) is 4.68 Å². The molecule has 2 aromatic heterocycles. The number of carbonyl (C=O) groups excluding carboxylic acids is 2. The molecule has 0 spiro atoms. The molecule has 4 aromatic rings. The Labute approximate surface area is 238 Å². The Hall–Kier alpha value is -4.31. The van der Waals surface area contributed by atoms with Crippen LogP contribution in [0.3, 0.4) is 0 Å². The number of hydrogen-bond acceptors (Lipinski definition) is 7. The predicted molar refractivity (Wildman–Crippen MR) is 158 cm³/mol. The Morgan fingerprint density at radius 2 is 2.00 bits per heavy atom. The van der Waals surface area contributed by atoms with Crippen molar-refractivity contribution < 1.29 is 14.3 Å². The van der Waals surface area contributed by atoms with Crippen LogP contribution in [0.25, 0.3) is 11.3 Å². The van der Waals surface area contributed by atoms with Crippen LogP contribution in [0.4, 0.5) is 11.5 Å². The number of thiol groups is 1. The van der Waals surface area contributed by atoms with E-state index in [1.165, 1.54) is 13.3 Å². The lowest BCUT2D eigenvalue weighted by Gasteiger charge is -2.20. The Morgan fingerprint density at radius 1 is 1.20 bits per heavy atom. The second-order valence-electron chi connectivity index (χ2n) is 10.4. The number of rotatable bonds is 7. The average molecular weight is 557 g/mol. The molecule has 4 N–H and O–H groups in total. The number of anilines is 2. The predicted octanol–water partition coefficient (Wildman–Crippen LogP) is 4.76. The van der Waals surface area contributed by atoms with Gasteiger partial charge in [0, 0.05) is 41.5 Å². The molecule has 0 saturated carbocycles. The molecule has 1 aliphatic rings. The van der Waals surface area contributed by atoms with Gasteiger partial charge in [-0.2, -0.15) is 17.7 Å². The largest absolute Gasteiger partial charge is 0.496 e. The lowest BCUT2D eigenvalue weighted by molar-refractivity contribution is 0.0946. The molecule has 0 saturated heterocycles. The number of nitrogens with zero attached hydrogens (tertiary/aromatic N) is 3. The van der Waals surface area contributed by atoms with E-state index in [0.29, 0.717) is 41.5 Å². The molecule has 0 atom stereocenters. The molecule has 9 nitrogen and oxygen atoms in total.